The molecule has 0 atom stereocenters. The number of nitrogens with zero attached hydrogens (tertiary/aromatic N) is 4. The fourth-order valence-corrected chi connectivity index (χ4v) is 4.30. The number of aryl methyl sites for hydroxylation is 1. The summed E-state index contributed by atoms with van der Waals surface area (Å²) in [6, 6.07) is 17.9. The molecule has 168 valence electrons. The van der Waals surface area contributed by atoms with Gasteiger partial charge in [0.25, 0.3) is 5.91 Å². The van der Waals surface area contributed by atoms with E-state index in [2.05, 4.69) is 50.7 Å². The van der Waals surface area contributed by atoms with Crippen LogP contribution in [0, 0.1) is 6.92 Å². The van der Waals surface area contributed by atoms with E-state index < -0.39 is 0 Å². The van der Waals surface area contributed by atoms with Gasteiger partial charge in [-0.2, -0.15) is 4.37 Å². The van der Waals surface area contributed by atoms with E-state index in [0.717, 1.165) is 50.1 Å². The topological polar surface area (TPSA) is 70.6 Å². The van der Waals surface area contributed by atoms with Crippen molar-refractivity contribution >= 4 is 22.6 Å². The lowest BCUT2D eigenvalue weighted by Crippen LogP contribution is -2.48. The first kappa shape index (κ1) is 22.2. The number of nitrogens with one attached hydrogen (secondary N) is 1. The van der Waals surface area contributed by atoms with Gasteiger partial charge in [0.2, 0.25) is 5.13 Å². The lowest BCUT2D eigenvalue weighted by Gasteiger charge is -2.34. The molecule has 0 radical (unpaired) electrons. The second-order valence-electron chi connectivity index (χ2n) is 7.94. The van der Waals surface area contributed by atoms with Crippen LogP contribution in [0.2, 0.25) is 0 Å². The molecule has 0 bridgehead atoms. The zero-order valence-electron chi connectivity index (χ0n) is 18.4. The molecule has 1 aliphatic rings. The van der Waals surface area contributed by atoms with Crippen LogP contribution >= 0.6 is 11.5 Å². The molecule has 4 rings (SSSR count). The highest BCUT2D eigenvalue weighted by molar-refractivity contribution is 7.09. The Morgan fingerprint density at radius 3 is 2.56 bits per heavy atom. The van der Waals surface area contributed by atoms with Crippen molar-refractivity contribution in [2.45, 2.75) is 13.3 Å². The summed E-state index contributed by atoms with van der Waals surface area (Å²) in [5, 5.41) is 3.93. The number of para-hydroxylation sites is 1. The van der Waals surface area contributed by atoms with E-state index in [1.54, 1.807) is 0 Å². The van der Waals surface area contributed by atoms with Gasteiger partial charge in [0.1, 0.15) is 11.6 Å². The molecular formula is C24H29N5O2S. The van der Waals surface area contributed by atoms with E-state index >= 15 is 0 Å². The molecule has 0 unspecified atom stereocenters. The van der Waals surface area contributed by atoms with Crippen molar-refractivity contribution < 1.29 is 9.53 Å². The summed E-state index contributed by atoms with van der Waals surface area (Å²) in [6.45, 7) is 7.33. The molecule has 2 heterocycles. The van der Waals surface area contributed by atoms with E-state index in [4.69, 9.17) is 9.72 Å². The first-order valence-electron chi connectivity index (χ1n) is 11.0. The van der Waals surface area contributed by atoms with Crippen LogP contribution in [0.4, 0.5) is 5.13 Å². The Balaban J connectivity index is 1.14. The fourth-order valence-electron chi connectivity index (χ4n) is 3.57. The zero-order valence-corrected chi connectivity index (χ0v) is 19.2. The molecule has 7 nitrogen and oxygen atoms in total. The van der Waals surface area contributed by atoms with Crippen LogP contribution in [0.25, 0.3) is 0 Å². The minimum Gasteiger partial charge on any atom is -0.484 e. The van der Waals surface area contributed by atoms with Gasteiger partial charge in [-0.05, 0) is 24.6 Å². The van der Waals surface area contributed by atoms with Gasteiger partial charge in [-0.3, -0.25) is 9.69 Å². The number of aromatic nitrogens is 2. The van der Waals surface area contributed by atoms with Gasteiger partial charge < -0.3 is 15.0 Å². The third kappa shape index (κ3) is 6.51. The maximum absolute atomic E-state index is 12.0. The van der Waals surface area contributed by atoms with E-state index in [1.807, 2.05) is 30.3 Å². The van der Waals surface area contributed by atoms with Gasteiger partial charge in [-0.1, -0.05) is 48.0 Å². The first-order chi connectivity index (χ1) is 15.7. The number of carbonyl (C=O) groups is 1. The van der Waals surface area contributed by atoms with Crippen LogP contribution in [0.15, 0.2) is 54.6 Å². The predicted octanol–water partition coefficient (Wildman–Crippen LogP) is 2.75. The summed E-state index contributed by atoms with van der Waals surface area (Å²) in [4.78, 5) is 21.4. The van der Waals surface area contributed by atoms with E-state index in [9.17, 15) is 4.79 Å². The van der Waals surface area contributed by atoms with Crippen molar-refractivity contribution in [2.24, 2.45) is 0 Å². The van der Waals surface area contributed by atoms with Gasteiger partial charge in [0.05, 0.1) is 0 Å². The number of anilines is 1. The minimum absolute atomic E-state index is 0.0414. The van der Waals surface area contributed by atoms with Gasteiger partial charge >= 0.3 is 0 Å². The molecule has 1 N–H and O–H groups in total. The Bertz CT molecular complexity index is 985. The Hall–Kier alpha value is -2.97. The summed E-state index contributed by atoms with van der Waals surface area (Å²) < 4.78 is 10.0. The number of hydrogen-bond acceptors (Lipinski definition) is 7. The van der Waals surface area contributed by atoms with Crippen molar-refractivity contribution in [3.8, 4) is 5.75 Å². The van der Waals surface area contributed by atoms with Crippen LogP contribution in [-0.4, -0.2) is 66.0 Å². The molecule has 0 aliphatic carbocycles. The number of carbonyl (C=O) groups excluding carboxylic acids is 1. The van der Waals surface area contributed by atoms with Gasteiger partial charge in [0, 0.05) is 57.2 Å². The Labute approximate surface area is 193 Å². The van der Waals surface area contributed by atoms with Crippen LogP contribution in [0.3, 0.4) is 0 Å². The fraction of sp³-hybridized carbons (Fsp3) is 0.375. The largest absolute Gasteiger partial charge is 0.484 e. The van der Waals surface area contributed by atoms with Crippen molar-refractivity contribution in [3.05, 3.63) is 71.5 Å². The Kier molecular flexibility index (Phi) is 7.68. The van der Waals surface area contributed by atoms with Crippen LogP contribution in [0.1, 0.15) is 17.0 Å². The van der Waals surface area contributed by atoms with Gasteiger partial charge in [-0.15, -0.1) is 0 Å². The van der Waals surface area contributed by atoms with Crippen molar-refractivity contribution in [1.29, 1.82) is 0 Å². The van der Waals surface area contributed by atoms with Crippen molar-refractivity contribution in [1.82, 2.24) is 19.6 Å². The Morgan fingerprint density at radius 2 is 1.81 bits per heavy atom. The molecule has 0 saturated carbocycles. The number of ether oxygens (including phenoxy) is 1. The normalized spacial score (nSPS) is 14.3. The molecule has 1 saturated heterocycles. The summed E-state index contributed by atoms with van der Waals surface area (Å²) in [5.74, 6) is 1.50. The SMILES string of the molecule is Cc1ccc(Cc2nsc(N3CCN(CCNC(=O)COc4ccccc4)CC3)n2)cc1. The number of amides is 1. The monoisotopic (exact) mass is 451 g/mol. The van der Waals surface area contributed by atoms with Crippen molar-refractivity contribution in [2.75, 3.05) is 50.8 Å². The molecular weight excluding hydrogens is 422 g/mol. The number of piperazine rings is 1. The zero-order chi connectivity index (χ0) is 22.2. The lowest BCUT2D eigenvalue weighted by atomic mass is 10.1. The van der Waals surface area contributed by atoms with Crippen LogP contribution in [-0.2, 0) is 11.2 Å². The molecule has 1 aromatic heterocycles. The third-order valence-electron chi connectivity index (χ3n) is 5.45. The third-order valence-corrected chi connectivity index (χ3v) is 6.26. The molecule has 1 fully saturated rings. The molecule has 32 heavy (non-hydrogen) atoms. The Morgan fingerprint density at radius 1 is 1.06 bits per heavy atom. The predicted molar refractivity (Wildman–Crippen MR) is 127 cm³/mol. The molecule has 0 spiro atoms. The van der Waals surface area contributed by atoms with E-state index in [-0.39, 0.29) is 12.5 Å². The quantitative estimate of drug-likeness (QED) is 0.540. The second-order valence-corrected chi connectivity index (χ2v) is 8.67. The highest BCUT2D eigenvalue weighted by Gasteiger charge is 2.20. The summed E-state index contributed by atoms with van der Waals surface area (Å²) in [6.07, 6.45) is 0.768. The van der Waals surface area contributed by atoms with E-state index in [0.29, 0.717) is 12.3 Å². The molecule has 8 heteroatoms. The summed E-state index contributed by atoms with van der Waals surface area (Å²) in [7, 11) is 0. The van der Waals surface area contributed by atoms with Gasteiger partial charge in [-0.25, -0.2) is 4.98 Å². The molecule has 1 aliphatic heterocycles. The van der Waals surface area contributed by atoms with Gasteiger partial charge in [0.15, 0.2) is 6.61 Å². The lowest BCUT2D eigenvalue weighted by molar-refractivity contribution is -0.123. The average molecular weight is 452 g/mol. The summed E-state index contributed by atoms with van der Waals surface area (Å²) >= 11 is 1.48. The smallest absolute Gasteiger partial charge is 0.257 e. The highest BCUT2D eigenvalue weighted by Crippen LogP contribution is 2.20. The average Bonchev–Trinajstić information content (AvgIpc) is 3.29. The highest BCUT2D eigenvalue weighted by atomic mass is 32.1. The molecule has 1 amide bonds. The minimum atomic E-state index is -0.0949. The standard InChI is InChI=1S/C24H29N5O2S/c1-19-7-9-20(10-8-19)17-22-26-24(32-27-22)29-15-13-28(14-16-29)12-11-25-23(30)18-31-21-5-3-2-4-6-21/h2-10H,11-18H2,1H3,(H,25,30). The molecule has 3 aromatic rings. The van der Waals surface area contributed by atoms with E-state index in [1.165, 1.54) is 22.7 Å². The number of hydrogen-bond donors (Lipinski definition) is 1. The first-order valence-corrected chi connectivity index (χ1v) is 11.7. The van der Waals surface area contributed by atoms with Crippen LogP contribution in [0.5, 0.6) is 5.75 Å². The molecule has 2 aromatic carbocycles. The second kappa shape index (κ2) is 11.1. The van der Waals surface area contributed by atoms with Crippen LogP contribution < -0.4 is 15.0 Å². The maximum Gasteiger partial charge on any atom is 0.257 e. The maximum atomic E-state index is 12.0. The summed E-state index contributed by atoms with van der Waals surface area (Å²) in [5.41, 5.74) is 2.50. The number of rotatable bonds is 9. The van der Waals surface area contributed by atoms with Crippen molar-refractivity contribution in [3.63, 3.8) is 0 Å². The number of benzene rings is 2.